The van der Waals surface area contributed by atoms with Crippen molar-refractivity contribution in [3.8, 4) is 0 Å². The maximum atomic E-state index is 2.63. The third-order valence-corrected chi connectivity index (χ3v) is 8.00. The summed E-state index contributed by atoms with van der Waals surface area (Å²) in [7, 11) is 0. The van der Waals surface area contributed by atoms with Gasteiger partial charge in [-0.2, -0.15) is 0 Å². The molecule has 1 aliphatic rings. The first-order valence-electron chi connectivity index (χ1n) is 12.8. The van der Waals surface area contributed by atoms with Crippen molar-refractivity contribution in [1.29, 1.82) is 0 Å². The van der Waals surface area contributed by atoms with E-state index in [0.29, 0.717) is 5.41 Å². The van der Waals surface area contributed by atoms with Gasteiger partial charge in [0, 0.05) is 0 Å². The highest BCUT2D eigenvalue weighted by atomic mass is 14.4. The lowest BCUT2D eigenvalue weighted by atomic mass is 9.69. The van der Waals surface area contributed by atoms with Crippen LogP contribution in [0, 0.1) is 35.0 Å². The van der Waals surface area contributed by atoms with E-state index in [9.17, 15) is 0 Å². The predicted molar refractivity (Wildman–Crippen MR) is 124 cm³/mol. The van der Waals surface area contributed by atoms with Gasteiger partial charge in [0.25, 0.3) is 0 Å². The van der Waals surface area contributed by atoms with Crippen molar-refractivity contribution in [1.82, 2.24) is 0 Å². The van der Waals surface area contributed by atoms with Crippen LogP contribution in [0.4, 0.5) is 0 Å². The van der Waals surface area contributed by atoms with Gasteiger partial charge in [-0.15, -0.1) is 0 Å². The molecule has 0 aliphatic heterocycles. The summed E-state index contributed by atoms with van der Waals surface area (Å²) in [6, 6.07) is 0. The van der Waals surface area contributed by atoms with E-state index < -0.39 is 0 Å². The van der Waals surface area contributed by atoms with Crippen molar-refractivity contribution in [3.05, 3.63) is 0 Å². The van der Waals surface area contributed by atoms with Crippen LogP contribution < -0.4 is 0 Å². The fourth-order valence-electron chi connectivity index (χ4n) is 5.76. The van der Waals surface area contributed by atoms with Crippen molar-refractivity contribution in [2.45, 2.75) is 138 Å². The minimum atomic E-state index is 0.589. The zero-order valence-corrected chi connectivity index (χ0v) is 20.3. The smallest absolute Gasteiger partial charge is 0.0323 e. The van der Waals surface area contributed by atoms with Crippen LogP contribution in [0.1, 0.15) is 138 Å². The molecule has 0 amide bonds. The van der Waals surface area contributed by atoms with Crippen molar-refractivity contribution in [2.24, 2.45) is 35.0 Å². The molecule has 0 heteroatoms. The van der Waals surface area contributed by atoms with Gasteiger partial charge in [-0.3, -0.25) is 0 Å². The van der Waals surface area contributed by atoms with E-state index in [2.05, 4.69) is 48.5 Å². The van der Waals surface area contributed by atoms with Gasteiger partial charge in [0.1, 0.15) is 0 Å². The summed E-state index contributed by atoms with van der Waals surface area (Å²) in [4.78, 5) is 0. The molecule has 0 heterocycles. The minimum Gasteiger partial charge on any atom is -0.0651 e. The molecule has 1 saturated carbocycles. The van der Waals surface area contributed by atoms with E-state index in [4.69, 9.17) is 0 Å². The molecular weight excluding hydrogens is 324 g/mol. The molecule has 162 valence electrons. The third-order valence-electron chi connectivity index (χ3n) is 8.00. The van der Waals surface area contributed by atoms with Gasteiger partial charge in [0.05, 0.1) is 0 Å². The molecule has 1 aliphatic carbocycles. The minimum absolute atomic E-state index is 0.589. The summed E-state index contributed by atoms with van der Waals surface area (Å²) >= 11 is 0. The number of rotatable bonds is 15. The van der Waals surface area contributed by atoms with Crippen molar-refractivity contribution < 1.29 is 0 Å². The van der Waals surface area contributed by atoms with Gasteiger partial charge in [-0.05, 0) is 54.3 Å². The monoisotopic (exact) mass is 378 g/mol. The zero-order chi connectivity index (χ0) is 20.3. The van der Waals surface area contributed by atoms with Gasteiger partial charge in [-0.25, -0.2) is 0 Å². The highest BCUT2D eigenvalue weighted by Gasteiger charge is 2.31. The molecule has 0 aromatic rings. The van der Waals surface area contributed by atoms with E-state index >= 15 is 0 Å². The first-order valence-corrected chi connectivity index (χ1v) is 12.8. The molecule has 0 nitrogen and oxygen atoms in total. The molecule has 0 aromatic carbocycles. The van der Waals surface area contributed by atoms with E-state index in [1.165, 1.54) is 89.9 Å². The Morgan fingerprint density at radius 3 is 1.93 bits per heavy atom. The van der Waals surface area contributed by atoms with Gasteiger partial charge >= 0.3 is 0 Å². The van der Waals surface area contributed by atoms with E-state index in [-0.39, 0.29) is 0 Å². The van der Waals surface area contributed by atoms with Gasteiger partial charge in [-0.1, -0.05) is 119 Å². The Morgan fingerprint density at radius 1 is 0.815 bits per heavy atom. The lowest BCUT2D eigenvalue weighted by Gasteiger charge is -2.36. The van der Waals surface area contributed by atoms with Crippen molar-refractivity contribution in [3.63, 3.8) is 0 Å². The normalized spacial score (nSPS) is 20.3. The van der Waals surface area contributed by atoms with Gasteiger partial charge in [0.2, 0.25) is 0 Å². The second-order valence-electron chi connectivity index (χ2n) is 11.2. The summed E-state index contributed by atoms with van der Waals surface area (Å²) in [6.07, 6.45) is 20.4. The average Bonchev–Trinajstić information content (AvgIpc) is 3.13. The second kappa shape index (κ2) is 13.3. The van der Waals surface area contributed by atoms with Crippen LogP contribution in [-0.2, 0) is 0 Å². The SMILES string of the molecule is CCC(CC)CC[C@H](C)CC(CCC(C)C)CC(C)(CC)CC1CCCC1. The van der Waals surface area contributed by atoms with Crippen LogP contribution in [0.2, 0.25) is 0 Å². The number of hydrogen-bond acceptors (Lipinski definition) is 0. The van der Waals surface area contributed by atoms with Gasteiger partial charge < -0.3 is 0 Å². The topological polar surface area (TPSA) is 0 Å². The van der Waals surface area contributed by atoms with Crippen LogP contribution in [0.25, 0.3) is 0 Å². The fraction of sp³-hybridized carbons (Fsp3) is 1.00. The quantitative estimate of drug-likeness (QED) is 0.266. The maximum Gasteiger partial charge on any atom is -0.0323 e. The van der Waals surface area contributed by atoms with E-state index in [1.807, 2.05) is 0 Å². The summed E-state index contributed by atoms with van der Waals surface area (Å²) in [5.41, 5.74) is 0.589. The lowest BCUT2D eigenvalue weighted by molar-refractivity contribution is 0.153. The summed E-state index contributed by atoms with van der Waals surface area (Å²) < 4.78 is 0. The van der Waals surface area contributed by atoms with E-state index in [0.717, 1.165) is 29.6 Å². The fourth-order valence-corrected chi connectivity index (χ4v) is 5.76. The molecule has 3 atom stereocenters. The van der Waals surface area contributed by atoms with Crippen LogP contribution >= 0.6 is 0 Å². The highest BCUT2D eigenvalue weighted by molar-refractivity contribution is 4.83. The van der Waals surface area contributed by atoms with Crippen LogP contribution in [0.5, 0.6) is 0 Å². The molecule has 0 saturated heterocycles. The second-order valence-corrected chi connectivity index (χ2v) is 11.2. The standard InChI is InChI=1S/C27H54/c1-8-24(9-2)18-16-23(6)19-26(17-15-22(4)5)21-27(7,10-3)20-25-13-11-12-14-25/h22-26H,8-21H2,1-7H3/t23-,26?,27?/m0/s1. The molecule has 1 rings (SSSR count). The molecule has 27 heavy (non-hydrogen) atoms. The highest BCUT2D eigenvalue weighted by Crippen LogP contribution is 2.44. The van der Waals surface area contributed by atoms with Crippen LogP contribution in [0.15, 0.2) is 0 Å². The average molecular weight is 379 g/mol. The summed E-state index contributed by atoms with van der Waals surface area (Å²) in [6.45, 7) is 17.2. The Hall–Kier alpha value is 0. The molecular formula is C27H54. The molecule has 0 radical (unpaired) electrons. The first kappa shape index (κ1) is 25.0. The zero-order valence-electron chi connectivity index (χ0n) is 20.3. The molecule has 0 N–H and O–H groups in total. The number of hydrogen-bond donors (Lipinski definition) is 0. The lowest BCUT2D eigenvalue weighted by Crippen LogP contribution is -2.24. The molecule has 0 aromatic heterocycles. The Morgan fingerprint density at radius 2 is 1.41 bits per heavy atom. The Bertz CT molecular complexity index is 347. The predicted octanol–water partition coefficient (Wildman–Crippen LogP) is 9.67. The molecule has 0 bridgehead atoms. The van der Waals surface area contributed by atoms with Gasteiger partial charge in [0.15, 0.2) is 0 Å². The molecule has 0 spiro atoms. The Labute approximate surface area is 173 Å². The maximum absolute atomic E-state index is 2.63. The van der Waals surface area contributed by atoms with Crippen LogP contribution in [-0.4, -0.2) is 0 Å². The summed E-state index contributed by atoms with van der Waals surface area (Å²) in [5, 5.41) is 0. The summed E-state index contributed by atoms with van der Waals surface area (Å²) in [5.74, 6) is 4.72. The Kier molecular flexibility index (Phi) is 12.3. The van der Waals surface area contributed by atoms with E-state index in [1.54, 1.807) is 0 Å². The molecule has 2 unspecified atom stereocenters. The largest absolute Gasteiger partial charge is 0.0651 e. The molecule has 1 fully saturated rings. The van der Waals surface area contributed by atoms with Crippen molar-refractivity contribution >= 4 is 0 Å². The van der Waals surface area contributed by atoms with Crippen molar-refractivity contribution in [2.75, 3.05) is 0 Å². The van der Waals surface area contributed by atoms with Crippen LogP contribution in [0.3, 0.4) is 0 Å². The first-order chi connectivity index (χ1) is 12.8. The third kappa shape index (κ3) is 10.4. The Balaban J connectivity index is 2.61.